The van der Waals surface area contributed by atoms with Crippen molar-refractivity contribution in [2.45, 2.75) is 50.4 Å². The van der Waals surface area contributed by atoms with Crippen LogP contribution in [-0.4, -0.2) is 23.6 Å². The molecule has 32 heavy (non-hydrogen) atoms. The highest BCUT2D eigenvalue weighted by Crippen LogP contribution is 2.39. The van der Waals surface area contributed by atoms with Crippen molar-refractivity contribution in [3.8, 4) is 0 Å². The van der Waals surface area contributed by atoms with Gasteiger partial charge in [0.15, 0.2) is 0 Å². The minimum absolute atomic E-state index is 0.0315. The fourth-order valence-electron chi connectivity index (χ4n) is 5.27. The largest absolute Gasteiger partial charge is 0.365 e. The molecule has 2 saturated heterocycles. The van der Waals surface area contributed by atoms with E-state index in [0.29, 0.717) is 18.7 Å². The number of hydrogen-bond acceptors (Lipinski definition) is 2. The molecule has 5 rings (SSSR count). The molecule has 3 aromatic rings. The Morgan fingerprint density at radius 2 is 1.38 bits per heavy atom. The van der Waals surface area contributed by atoms with Crippen molar-refractivity contribution in [3.05, 3.63) is 118 Å². The third kappa shape index (κ3) is 4.99. The highest BCUT2D eigenvalue weighted by Gasteiger charge is 2.38. The number of benzene rings is 3. The van der Waals surface area contributed by atoms with Crippen molar-refractivity contribution in [1.82, 2.24) is 4.90 Å². The molecule has 3 heteroatoms. The zero-order valence-corrected chi connectivity index (χ0v) is 19.1. The third-order valence-corrected chi connectivity index (χ3v) is 7.14. The predicted octanol–water partition coefficient (Wildman–Crippen LogP) is 7.20. The van der Waals surface area contributed by atoms with Crippen LogP contribution in [0.5, 0.6) is 0 Å². The molecule has 2 nitrogen and oxygen atoms in total. The molecule has 0 N–H and O–H groups in total. The number of nitrogens with zero attached hydrogens (tertiary/aromatic N) is 1. The molecule has 2 aliphatic heterocycles. The van der Waals surface area contributed by atoms with E-state index in [1.807, 2.05) is 12.1 Å². The fourth-order valence-corrected chi connectivity index (χ4v) is 5.40. The van der Waals surface area contributed by atoms with E-state index in [2.05, 4.69) is 83.8 Å². The molecule has 2 atom stereocenters. The lowest BCUT2D eigenvalue weighted by molar-refractivity contribution is 0.102. The molecule has 2 bridgehead atoms. The molecule has 2 heterocycles. The molecule has 0 aliphatic carbocycles. The van der Waals surface area contributed by atoms with Gasteiger partial charge in [0.1, 0.15) is 6.10 Å². The van der Waals surface area contributed by atoms with Crippen molar-refractivity contribution in [3.63, 3.8) is 0 Å². The molecule has 0 aromatic heterocycles. The summed E-state index contributed by atoms with van der Waals surface area (Å²) in [6, 6.07) is 30.7. The van der Waals surface area contributed by atoms with Gasteiger partial charge in [-0.25, -0.2) is 0 Å². The monoisotopic (exact) mass is 443 g/mol. The van der Waals surface area contributed by atoms with Crippen molar-refractivity contribution in [2.75, 3.05) is 6.61 Å². The summed E-state index contributed by atoms with van der Waals surface area (Å²) >= 11 is 6.06. The van der Waals surface area contributed by atoms with Gasteiger partial charge in [0, 0.05) is 23.7 Å². The summed E-state index contributed by atoms with van der Waals surface area (Å²) in [7, 11) is 0. The maximum absolute atomic E-state index is 6.44. The first-order chi connectivity index (χ1) is 15.8. The zero-order valence-electron chi connectivity index (χ0n) is 18.4. The Labute approximate surface area is 196 Å². The molecule has 0 amide bonds. The molecule has 0 unspecified atom stereocenters. The summed E-state index contributed by atoms with van der Waals surface area (Å²) in [6.45, 7) is 1.68. The van der Waals surface area contributed by atoms with Gasteiger partial charge in [-0.1, -0.05) is 96.0 Å². The molecular weight excluding hydrogens is 414 g/mol. The van der Waals surface area contributed by atoms with Gasteiger partial charge in [-0.05, 0) is 54.5 Å². The van der Waals surface area contributed by atoms with Gasteiger partial charge in [-0.15, -0.1) is 0 Å². The number of fused-ring (bicyclic) bond motifs is 2. The van der Waals surface area contributed by atoms with E-state index >= 15 is 0 Å². The average molecular weight is 444 g/mol. The summed E-state index contributed by atoms with van der Waals surface area (Å²) in [5, 5.41) is 0.810. The second kappa shape index (κ2) is 10.0. The summed E-state index contributed by atoms with van der Waals surface area (Å²) in [5.74, 6) is 0. The van der Waals surface area contributed by atoms with E-state index in [1.54, 1.807) is 5.57 Å². The SMILES string of the molecule is Clc1ccc(CN2[C@@H]3CC[C@H]2CC(=CCOC(c2ccccc2)c2ccccc2)C3)cc1. The van der Waals surface area contributed by atoms with Crippen LogP contribution in [0.25, 0.3) is 0 Å². The lowest BCUT2D eigenvalue weighted by Gasteiger charge is -2.36. The van der Waals surface area contributed by atoms with Gasteiger partial charge >= 0.3 is 0 Å². The number of rotatable bonds is 7. The Morgan fingerprint density at radius 3 is 1.94 bits per heavy atom. The Morgan fingerprint density at radius 1 is 0.812 bits per heavy atom. The van der Waals surface area contributed by atoms with Crippen LogP contribution in [0.15, 0.2) is 96.6 Å². The van der Waals surface area contributed by atoms with Crippen molar-refractivity contribution in [2.24, 2.45) is 0 Å². The van der Waals surface area contributed by atoms with E-state index in [-0.39, 0.29) is 6.10 Å². The second-order valence-corrected chi connectivity index (χ2v) is 9.43. The molecule has 0 spiro atoms. The summed E-state index contributed by atoms with van der Waals surface area (Å²) in [5.41, 5.74) is 5.32. The Kier molecular flexibility index (Phi) is 6.73. The topological polar surface area (TPSA) is 12.5 Å². The maximum Gasteiger partial charge on any atom is 0.108 e. The van der Waals surface area contributed by atoms with Crippen molar-refractivity contribution >= 4 is 11.6 Å². The Balaban J connectivity index is 1.23. The van der Waals surface area contributed by atoms with E-state index in [4.69, 9.17) is 16.3 Å². The molecule has 0 saturated carbocycles. The summed E-state index contributed by atoms with van der Waals surface area (Å²) in [4.78, 5) is 2.71. The lowest BCUT2D eigenvalue weighted by Crippen LogP contribution is -2.39. The van der Waals surface area contributed by atoms with E-state index in [0.717, 1.165) is 24.4 Å². The Bertz CT molecular complexity index is 976. The van der Waals surface area contributed by atoms with E-state index in [1.165, 1.54) is 29.5 Å². The first-order valence-corrected chi connectivity index (χ1v) is 12.0. The Hall–Kier alpha value is -2.39. The van der Waals surface area contributed by atoms with Gasteiger partial charge < -0.3 is 4.74 Å². The van der Waals surface area contributed by atoms with Crippen LogP contribution in [0, 0.1) is 0 Å². The highest BCUT2D eigenvalue weighted by atomic mass is 35.5. The quantitative estimate of drug-likeness (QED) is 0.358. The average Bonchev–Trinajstić information content (AvgIpc) is 3.06. The van der Waals surface area contributed by atoms with E-state index < -0.39 is 0 Å². The van der Waals surface area contributed by atoms with Crippen molar-refractivity contribution in [1.29, 1.82) is 0 Å². The lowest BCUT2D eigenvalue weighted by atomic mass is 9.95. The van der Waals surface area contributed by atoms with Crippen LogP contribution >= 0.6 is 11.6 Å². The molecule has 3 aromatic carbocycles. The van der Waals surface area contributed by atoms with Crippen LogP contribution in [0.2, 0.25) is 5.02 Å². The van der Waals surface area contributed by atoms with Gasteiger partial charge in [0.05, 0.1) is 6.61 Å². The van der Waals surface area contributed by atoms with Gasteiger partial charge in [0.25, 0.3) is 0 Å². The van der Waals surface area contributed by atoms with Gasteiger partial charge in [0.2, 0.25) is 0 Å². The first kappa shape index (κ1) is 21.5. The van der Waals surface area contributed by atoms with Crippen LogP contribution < -0.4 is 0 Å². The number of halogens is 1. The van der Waals surface area contributed by atoms with Crippen LogP contribution in [0.3, 0.4) is 0 Å². The molecular formula is C29H30ClNO. The van der Waals surface area contributed by atoms with E-state index in [9.17, 15) is 0 Å². The normalized spacial score (nSPS) is 22.0. The number of piperidine rings is 1. The number of ether oxygens (including phenoxy) is 1. The fraction of sp³-hybridized carbons (Fsp3) is 0.310. The first-order valence-electron chi connectivity index (χ1n) is 11.7. The highest BCUT2D eigenvalue weighted by molar-refractivity contribution is 6.30. The zero-order chi connectivity index (χ0) is 21.8. The molecule has 2 fully saturated rings. The minimum atomic E-state index is -0.0315. The third-order valence-electron chi connectivity index (χ3n) is 6.88. The molecule has 164 valence electrons. The van der Waals surface area contributed by atoms with Crippen LogP contribution in [0.4, 0.5) is 0 Å². The van der Waals surface area contributed by atoms with Gasteiger partial charge in [-0.2, -0.15) is 0 Å². The van der Waals surface area contributed by atoms with Crippen LogP contribution in [0.1, 0.15) is 48.5 Å². The summed E-state index contributed by atoms with van der Waals surface area (Å²) in [6.07, 6.45) is 7.24. The predicted molar refractivity (Wildman–Crippen MR) is 132 cm³/mol. The van der Waals surface area contributed by atoms with Crippen LogP contribution in [-0.2, 0) is 11.3 Å². The minimum Gasteiger partial charge on any atom is -0.365 e. The molecule has 2 aliphatic rings. The smallest absolute Gasteiger partial charge is 0.108 e. The number of hydrogen-bond donors (Lipinski definition) is 0. The summed E-state index contributed by atoms with van der Waals surface area (Å²) < 4.78 is 6.44. The maximum atomic E-state index is 6.44. The van der Waals surface area contributed by atoms with Gasteiger partial charge in [-0.3, -0.25) is 4.90 Å². The standard InChI is InChI=1S/C29H30ClNO/c30-26-13-11-22(12-14-26)21-31-27-15-16-28(31)20-23(19-27)17-18-32-29(24-7-3-1-4-8-24)25-9-5-2-6-10-25/h1-14,17,27-29H,15-16,18-21H2/t27-,28+. The van der Waals surface area contributed by atoms with Crippen molar-refractivity contribution < 1.29 is 4.74 Å². The second-order valence-electron chi connectivity index (χ2n) is 8.99. The molecule has 0 radical (unpaired) electrons.